The number of sulfonamides is 1. The van der Waals surface area contributed by atoms with Gasteiger partial charge in [0.15, 0.2) is 6.10 Å². The lowest BCUT2D eigenvalue weighted by Crippen LogP contribution is -2.33. The third-order valence-electron chi connectivity index (χ3n) is 7.82. The van der Waals surface area contributed by atoms with E-state index < -0.39 is 22.1 Å². The number of hydrogen-bond acceptors (Lipinski definition) is 8. The van der Waals surface area contributed by atoms with Gasteiger partial charge in [-0.3, -0.25) is 4.72 Å². The molecule has 1 aliphatic heterocycles. The van der Waals surface area contributed by atoms with E-state index in [-0.39, 0.29) is 16.5 Å². The maximum atomic E-state index is 13.1. The summed E-state index contributed by atoms with van der Waals surface area (Å²) in [4.78, 5) is 25.2. The Bertz CT molecular complexity index is 1540. The number of tetrazole rings is 1. The molecule has 1 aliphatic carbocycles. The number of rotatable bonds is 11. The predicted octanol–water partition coefficient (Wildman–Crippen LogP) is 4.48. The Morgan fingerprint density at radius 2 is 1.83 bits per heavy atom. The molecule has 42 heavy (non-hydrogen) atoms. The van der Waals surface area contributed by atoms with Crippen LogP contribution in [0.15, 0.2) is 52.2 Å². The van der Waals surface area contributed by atoms with E-state index in [9.17, 15) is 18.0 Å². The highest BCUT2D eigenvalue weighted by Gasteiger charge is 2.29. The minimum atomic E-state index is -3.89. The predicted molar refractivity (Wildman–Crippen MR) is 157 cm³/mol. The number of carbonyl (C=O) groups excluding carboxylic acids is 1. The average molecular weight is 598 g/mol. The highest BCUT2D eigenvalue weighted by atomic mass is 32.2. The van der Waals surface area contributed by atoms with Gasteiger partial charge in [0.25, 0.3) is 10.0 Å². The second-order valence-corrected chi connectivity index (χ2v) is 13.3. The molecule has 0 saturated heterocycles. The summed E-state index contributed by atoms with van der Waals surface area (Å²) in [6.07, 6.45) is 8.66. The van der Waals surface area contributed by atoms with Gasteiger partial charge in [0.2, 0.25) is 0 Å². The molecular weight excluding hydrogens is 558 g/mol. The average Bonchev–Trinajstić information content (AvgIpc) is 3.35. The van der Waals surface area contributed by atoms with Crippen LogP contribution in [0.4, 0.5) is 5.69 Å². The maximum absolute atomic E-state index is 13.1. The third-order valence-corrected chi connectivity index (χ3v) is 9.20. The summed E-state index contributed by atoms with van der Waals surface area (Å²) >= 11 is 0. The second-order valence-electron chi connectivity index (χ2n) is 11.6. The molecule has 2 aromatic carbocycles. The Morgan fingerprint density at radius 1 is 1.07 bits per heavy atom. The van der Waals surface area contributed by atoms with Crippen molar-refractivity contribution >= 4 is 21.7 Å². The molecule has 1 atom stereocenters. The summed E-state index contributed by atoms with van der Waals surface area (Å²) < 4.78 is 42.5. The van der Waals surface area contributed by atoms with Gasteiger partial charge >= 0.3 is 11.7 Å². The first-order valence-electron chi connectivity index (χ1n) is 14.8. The van der Waals surface area contributed by atoms with Crippen molar-refractivity contribution in [2.24, 2.45) is 11.8 Å². The zero-order valence-electron chi connectivity index (χ0n) is 24.2. The molecule has 226 valence electrons. The molecule has 11 nitrogen and oxygen atoms in total. The number of esters is 1. The Kier molecular flexibility index (Phi) is 9.30. The summed E-state index contributed by atoms with van der Waals surface area (Å²) in [7, 11) is -3.89. The maximum Gasteiger partial charge on any atom is 0.368 e. The molecule has 3 aromatic rings. The van der Waals surface area contributed by atoms with Crippen molar-refractivity contribution in [2.45, 2.75) is 89.2 Å². The first-order chi connectivity index (χ1) is 20.2. The second kappa shape index (κ2) is 13.1. The van der Waals surface area contributed by atoms with Crippen LogP contribution in [0, 0.1) is 11.8 Å². The Balaban J connectivity index is 1.19. The normalized spacial score (nSPS) is 17.5. The molecule has 12 heteroatoms. The van der Waals surface area contributed by atoms with Crippen molar-refractivity contribution in [1.82, 2.24) is 19.8 Å². The number of nitrogens with zero attached hydrogens (tertiary/aromatic N) is 4. The van der Waals surface area contributed by atoms with E-state index in [4.69, 9.17) is 9.47 Å². The number of nitrogens with one attached hydrogen (secondary N) is 1. The van der Waals surface area contributed by atoms with Crippen LogP contribution in [0.3, 0.4) is 0 Å². The van der Waals surface area contributed by atoms with Crippen LogP contribution < -0.4 is 15.1 Å². The lowest BCUT2D eigenvalue weighted by Gasteiger charge is -2.25. The van der Waals surface area contributed by atoms with E-state index >= 15 is 0 Å². The number of anilines is 1. The molecule has 1 fully saturated rings. The number of benzene rings is 2. The first kappa shape index (κ1) is 29.8. The summed E-state index contributed by atoms with van der Waals surface area (Å²) in [6, 6.07) is 11.0. The standard InChI is InChI=1S/C30H39N5O6S/c1-21(2)20-40-29(36)28-16-10-23-19-26(15-17-27(23)41-28)42(38,39)31-24-11-13-25(14-12-24)35-30(37)34(32-33-35)18-6-9-22-7-4-3-5-8-22/h11-15,17,19,21-22,28,31H,3-10,16,18,20H2,1-2H3. The lowest BCUT2D eigenvalue weighted by molar-refractivity contribution is -0.153. The van der Waals surface area contributed by atoms with Crippen LogP contribution in [0.2, 0.25) is 0 Å². The molecule has 1 aromatic heterocycles. The molecule has 0 radical (unpaired) electrons. The quantitative estimate of drug-likeness (QED) is 0.320. The van der Waals surface area contributed by atoms with Gasteiger partial charge in [-0.05, 0) is 96.0 Å². The van der Waals surface area contributed by atoms with Crippen LogP contribution in [0.25, 0.3) is 5.69 Å². The topological polar surface area (TPSA) is 134 Å². The Morgan fingerprint density at radius 3 is 2.57 bits per heavy atom. The van der Waals surface area contributed by atoms with E-state index in [1.54, 1.807) is 36.4 Å². The fourth-order valence-electron chi connectivity index (χ4n) is 5.51. The fraction of sp³-hybridized carbons (Fsp3) is 0.533. The highest BCUT2D eigenvalue weighted by molar-refractivity contribution is 7.92. The van der Waals surface area contributed by atoms with Crippen LogP contribution >= 0.6 is 0 Å². The van der Waals surface area contributed by atoms with Crippen LogP contribution in [0.5, 0.6) is 5.75 Å². The van der Waals surface area contributed by atoms with Crippen molar-refractivity contribution in [3.8, 4) is 11.4 Å². The number of hydrogen-bond donors (Lipinski definition) is 1. The van der Waals surface area contributed by atoms with Gasteiger partial charge in [0.1, 0.15) is 5.75 Å². The van der Waals surface area contributed by atoms with Crippen molar-refractivity contribution in [2.75, 3.05) is 11.3 Å². The smallest absolute Gasteiger partial charge is 0.368 e. The molecule has 5 rings (SSSR count). The zero-order chi connectivity index (χ0) is 29.7. The molecule has 2 aliphatic rings. The molecular formula is C30H39N5O6S. The summed E-state index contributed by atoms with van der Waals surface area (Å²) in [5.41, 5.74) is 1.23. The van der Waals surface area contributed by atoms with Crippen molar-refractivity contribution in [1.29, 1.82) is 0 Å². The number of aromatic nitrogens is 4. The van der Waals surface area contributed by atoms with Gasteiger partial charge in [-0.25, -0.2) is 18.0 Å². The van der Waals surface area contributed by atoms with Crippen molar-refractivity contribution in [3.05, 3.63) is 58.5 Å². The van der Waals surface area contributed by atoms with E-state index in [1.165, 1.54) is 47.5 Å². The van der Waals surface area contributed by atoms with Gasteiger partial charge in [-0.2, -0.15) is 9.36 Å². The number of fused-ring (bicyclic) bond motifs is 1. The summed E-state index contributed by atoms with van der Waals surface area (Å²) in [6.45, 7) is 4.78. The SMILES string of the molecule is CC(C)COC(=O)C1CCc2cc(S(=O)(=O)Nc3ccc(-n4nnn(CCCC5CCCCC5)c4=O)cc3)ccc2O1. The molecule has 1 N–H and O–H groups in total. The summed E-state index contributed by atoms with van der Waals surface area (Å²) in [5.74, 6) is 1.04. The Labute approximate surface area is 246 Å². The van der Waals surface area contributed by atoms with Gasteiger partial charge in [-0.15, -0.1) is 0 Å². The highest BCUT2D eigenvalue weighted by Crippen LogP contribution is 2.31. The van der Waals surface area contributed by atoms with Crippen molar-refractivity contribution < 1.29 is 22.7 Å². The molecule has 2 heterocycles. The number of carbonyl (C=O) groups is 1. The largest absolute Gasteiger partial charge is 0.478 e. The van der Waals surface area contributed by atoms with Crippen LogP contribution in [-0.4, -0.2) is 46.9 Å². The molecule has 0 amide bonds. The van der Waals surface area contributed by atoms with Gasteiger partial charge < -0.3 is 9.47 Å². The van der Waals surface area contributed by atoms with E-state index in [0.717, 1.165) is 18.8 Å². The first-order valence-corrected chi connectivity index (χ1v) is 16.3. The fourth-order valence-corrected chi connectivity index (χ4v) is 6.62. The number of aryl methyl sites for hydroxylation is 2. The van der Waals surface area contributed by atoms with Gasteiger partial charge in [0.05, 0.1) is 17.2 Å². The van der Waals surface area contributed by atoms with Crippen LogP contribution in [0.1, 0.15) is 70.8 Å². The Hall–Kier alpha value is -3.67. The minimum absolute atomic E-state index is 0.0853. The summed E-state index contributed by atoms with van der Waals surface area (Å²) in [5, 5.41) is 8.05. The van der Waals surface area contributed by atoms with E-state index in [1.807, 2.05) is 13.8 Å². The zero-order valence-corrected chi connectivity index (χ0v) is 25.0. The van der Waals surface area contributed by atoms with Gasteiger partial charge in [0, 0.05) is 12.2 Å². The van der Waals surface area contributed by atoms with Crippen LogP contribution in [-0.2, 0) is 32.5 Å². The van der Waals surface area contributed by atoms with E-state index in [2.05, 4.69) is 15.1 Å². The van der Waals surface area contributed by atoms with Crippen molar-refractivity contribution in [3.63, 3.8) is 0 Å². The molecule has 1 unspecified atom stereocenters. The molecule has 1 saturated carbocycles. The molecule has 0 bridgehead atoms. The monoisotopic (exact) mass is 597 g/mol. The molecule has 0 spiro atoms. The third kappa shape index (κ3) is 7.21. The van der Waals surface area contributed by atoms with E-state index in [0.29, 0.717) is 48.7 Å². The minimum Gasteiger partial charge on any atom is -0.478 e. The number of ether oxygens (including phenoxy) is 2. The lowest BCUT2D eigenvalue weighted by atomic mass is 9.86. The van der Waals surface area contributed by atoms with Gasteiger partial charge in [-0.1, -0.05) is 46.0 Å².